The van der Waals surface area contributed by atoms with E-state index in [4.69, 9.17) is 0 Å². The molecule has 0 saturated heterocycles. The van der Waals surface area contributed by atoms with Gasteiger partial charge in [0.05, 0.1) is 4.90 Å². The maximum Gasteiger partial charge on any atom is 0.261 e. The molecule has 0 heterocycles. The van der Waals surface area contributed by atoms with Crippen LogP contribution in [0.3, 0.4) is 0 Å². The highest BCUT2D eigenvalue weighted by molar-refractivity contribution is 7.92. The lowest BCUT2D eigenvalue weighted by Crippen LogP contribution is -2.13. The number of rotatable bonds is 4. The lowest BCUT2D eigenvalue weighted by Gasteiger charge is -2.11. The molecule has 4 heteroatoms. The molecule has 0 fully saturated rings. The molecule has 132 valence electrons. The Morgan fingerprint density at radius 2 is 1.73 bits per heavy atom. The van der Waals surface area contributed by atoms with Crippen LogP contribution in [0.25, 0.3) is 16.3 Å². The first-order valence-electron chi connectivity index (χ1n) is 8.81. The second-order valence-electron chi connectivity index (χ2n) is 6.78. The Bertz CT molecular complexity index is 1140. The van der Waals surface area contributed by atoms with Gasteiger partial charge in [-0.2, -0.15) is 0 Å². The van der Waals surface area contributed by atoms with Crippen molar-refractivity contribution in [2.75, 3.05) is 4.72 Å². The third kappa shape index (κ3) is 2.90. The second kappa shape index (κ2) is 6.29. The highest BCUT2D eigenvalue weighted by atomic mass is 32.2. The van der Waals surface area contributed by atoms with Crippen molar-refractivity contribution in [1.29, 1.82) is 0 Å². The molecule has 0 spiro atoms. The fraction of sp³-hybridized carbons (Fsp3) is 0.182. The standard InChI is InChI=1S/C22H21NO2S/c1-3-21-15(2)12-18-8-10-19(14-22(18)21)23-26(24,25)20-11-9-16-6-4-5-7-17(16)13-20/h4-11,13-14,23H,3,12H2,1-2H3. The average Bonchev–Trinajstić information content (AvgIpc) is 2.95. The molecule has 0 unspecified atom stereocenters. The van der Waals surface area contributed by atoms with Gasteiger partial charge in [-0.15, -0.1) is 0 Å². The van der Waals surface area contributed by atoms with E-state index in [0.717, 1.165) is 23.6 Å². The summed E-state index contributed by atoms with van der Waals surface area (Å²) in [6.45, 7) is 4.29. The van der Waals surface area contributed by atoms with E-state index < -0.39 is 10.0 Å². The van der Waals surface area contributed by atoms with Gasteiger partial charge in [0, 0.05) is 5.69 Å². The zero-order chi connectivity index (χ0) is 18.3. The van der Waals surface area contributed by atoms with E-state index in [-0.39, 0.29) is 4.90 Å². The summed E-state index contributed by atoms with van der Waals surface area (Å²) in [5, 5.41) is 1.94. The molecular formula is C22H21NO2S. The van der Waals surface area contributed by atoms with Gasteiger partial charge in [0.15, 0.2) is 0 Å². The quantitative estimate of drug-likeness (QED) is 0.676. The van der Waals surface area contributed by atoms with Gasteiger partial charge in [-0.3, -0.25) is 4.72 Å². The normalized spacial score (nSPS) is 13.9. The molecule has 0 bridgehead atoms. The average molecular weight is 363 g/mol. The molecule has 3 aromatic rings. The van der Waals surface area contributed by atoms with E-state index in [1.807, 2.05) is 48.5 Å². The van der Waals surface area contributed by atoms with Crippen molar-refractivity contribution >= 4 is 32.1 Å². The Balaban J connectivity index is 1.69. The van der Waals surface area contributed by atoms with Crippen molar-refractivity contribution in [1.82, 2.24) is 0 Å². The van der Waals surface area contributed by atoms with Crippen molar-refractivity contribution < 1.29 is 8.42 Å². The van der Waals surface area contributed by atoms with Crippen molar-refractivity contribution in [2.24, 2.45) is 0 Å². The summed E-state index contributed by atoms with van der Waals surface area (Å²) in [6.07, 6.45) is 1.91. The van der Waals surface area contributed by atoms with Crippen LogP contribution in [0.1, 0.15) is 31.4 Å². The van der Waals surface area contributed by atoms with Crippen LogP contribution in [0.4, 0.5) is 5.69 Å². The van der Waals surface area contributed by atoms with Gasteiger partial charge in [0.2, 0.25) is 0 Å². The van der Waals surface area contributed by atoms with Gasteiger partial charge < -0.3 is 0 Å². The van der Waals surface area contributed by atoms with Crippen LogP contribution in [0, 0.1) is 0 Å². The molecule has 0 aliphatic heterocycles. The van der Waals surface area contributed by atoms with Crippen LogP contribution in [-0.4, -0.2) is 8.42 Å². The molecule has 26 heavy (non-hydrogen) atoms. The van der Waals surface area contributed by atoms with Crippen LogP contribution >= 0.6 is 0 Å². The zero-order valence-corrected chi connectivity index (χ0v) is 15.7. The highest BCUT2D eigenvalue weighted by Crippen LogP contribution is 2.36. The number of hydrogen-bond donors (Lipinski definition) is 1. The molecule has 1 aliphatic carbocycles. The highest BCUT2D eigenvalue weighted by Gasteiger charge is 2.20. The largest absolute Gasteiger partial charge is 0.280 e. The van der Waals surface area contributed by atoms with Crippen LogP contribution in [0.15, 0.2) is 71.1 Å². The molecule has 4 rings (SSSR count). The number of anilines is 1. The zero-order valence-electron chi connectivity index (χ0n) is 14.9. The number of sulfonamides is 1. The minimum Gasteiger partial charge on any atom is -0.280 e. The topological polar surface area (TPSA) is 46.2 Å². The first-order valence-corrected chi connectivity index (χ1v) is 10.3. The molecule has 1 aliphatic rings. The van der Waals surface area contributed by atoms with E-state index >= 15 is 0 Å². The number of fused-ring (bicyclic) bond motifs is 2. The predicted molar refractivity (Wildman–Crippen MR) is 108 cm³/mol. The van der Waals surface area contributed by atoms with E-state index in [1.54, 1.807) is 12.1 Å². The maximum absolute atomic E-state index is 12.8. The molecule has 0 saturated carbocycles. The smallest absolute Gasteiger partial charge is 0.261 e. The third-order valence-electron chi connectivity index (χ3n) is 5.04. The van der Waals surface area contributed by atoms with Crippen LogP contribution in [-0.2, 0) is 16.4 Å². The predicted octanol–water partition coefficient (Wildman–Crippen LogP) is 5.38. The van der Waals surface area contributed by atoms with Crippen molar-refractivity contribution in [3.05, 3.63) is 77.4 Å². The Morgan fingerprint density at radius 1 is 0.962 bits per heavy atom. The molecule has 3 aromatic carbocycles. The van der Waals surface area contributed by atoms with E-state index in [0.29, 0.717) is 5.69 Å². The van der Waals surface area contributed by atoms with Gasteiger partial charge in [-0.1, -0.05) is 48.9 Å². The Labute approximate surface area is 154 Å². The molecule has 0 atom stereocenters. The molecule has 0 aromatic heterocycles. The minimum absolute atomic E-state index is 0.277. The van der Waals surface area contributed by atoms with Gasteiger partial charge in [0.25, 0.3) is 10.0 Å². The fourth-order valence-electron chi connectivity index (χ4n) is 3.74. The number of allylic oxidation sites excluding steroid dienone is 2. The Kier molecular flexibility index (Phi) is 4.08. The van der Waals surface area contributed by atoms with E-state index in [1.165, 1.54) is 22.3 Å². The Hall–Kier alpha value is -2.59. The van der Waals surface area contributed by atoms with Crippen LogP contribution in [0.5, 0.6) is 0 Å². The minimum atomic E-state index is -3.63. The van der Waals surface area contributed by atoms with Gasteiger partial charge >= 0.3 is 0 Å². The first kappa shape index (κ1) is 16.9. The van der Waals surface area contributed by atoms with Crippen molar-refractivity contribution in [3.8, 4) is 0 Å². The fourth-order valence-corrected chi connectivity index (χ4v) is 4.82. The van der Waals surface area contributed by atoms with Crippen LogP contribution in [0.2, 0.25) is 0 Å². The van der Waals surface area contributed by atoms with Gasteiger partial charge in [0.1, 0.15) is 0 Å². The van der Waals surface area contributed by atoms with E-state index in [9.17, 15) is 8.42 Å². The summed E-state index contributed by atoms with van der Waals surface area (Å²) >= 11 is 0. The number of benzene rings is 3. The number of nitrogens with one attached hydrogen (secondary N) is 1. The summed E-state index contributed by atoms with van der Waals surface area (Å²) in [5.41, 5.74) is 5.75. The summed E-state index contributed by atoms with van der Waals surface area (Å²) in [4.78, 5) is 0.277. The third-order valence-corrected chi connectivity index (χ3v) is 6.42. The molecular weight excluding hydrogens is 342 g/mol. The second-order valence-corrected chi connectivity index (χ2v) is 8.46. The summed E-state index contributed by atoms with van der Waals surface area (Å²) in [6, 6.07) is 18.8. The van der Waals surface area contributed by atoms with Crippen LogP contribution < -0.4 is 4.72 Å². The Morgan fingerprint density at radius 3 is 2.50 bits per heavy atom. The van der Waals surface area contributed by atoms with Crippen molar-refractivity contribution in [2.45, 2.75) is 31.6 Å². The summed E-state index contributed by atoms with van der Waals surface area (Å²) < 4.78 is 28.4. The SMILES string of the molecule is CCC1=C(C)Cc2ccc(NS(=O)(=O)c3ccc4ccccc4c3)cc21. The molecule has 0 radical (unpaired) electrons. The molecule has 1 N–H and O–H groups in total. The molecule has 3 nitrogen and oxygen atoms in total. The van der Waals surface area contributed by atoms with Gasteiger partial charge in [-0.05, 0) is 71.5 Å². The molecule has 0 amide bonds. The summed E-state index contributed by atoms with van der Waals surface area (Å²) in [5.74, 6) is 0. The van der Waals surface area contributed by atoms with E-state index in [2.05, 4.69) is 18.6 Å². The summed E-state index contributed by atoms with van der Waals surface area (Å²) in [7, 11) is -3.63. The first-order chi connectivity index (χ1) is 12.5. The lowest BCUT2D eigenvalue weighted by atomic mass is 10.0. The number of hydrogen-bond acceptors (Lipinski definition) is 2. The van der Waals surface area contributed by atoms with Gasteiger partial charge in [-0.25, -0.2) is 8.42 Å². The maximum atomic E-state index is 12.8. The van der Waals surface area contributed by atoms with Crippen molar-refractivity contribution in [3.63, 3.8) is 0 Å². The monoisotopic (exact) mass is 363 g/mol. The lowest BCUT2D eigenvalue weighted by molar-refractivity contribution is 0.601.